The molecule has 0 N–H and O–H groups in total. The second kappa shape index (κ2) is 6.83. The molecule has 0 aromatic carbocycles. The summed E-state index contributed by atoms with van der Waals surface area (Å²) in [6.07, 6.45) is 4.45. The Morgan fingerprint density at radius 1 is 0.571 bits per heavy atom. The van der Waals surface area contributed by atoms with Gasteiger partial charge in [0.25, 0.3) is 0 Å². The van der Waals surface area contributed by atoms with E-state index in [1.165, 1.54) is 31.4 Å². The lowest BCUT2D eigenvalue weighted by Crippen LogP contribution is -2.20. The van der Waals surface area contributed by atoms with Gasteiger partial charge in [0, 0.05) is 16.1 Å². The smallest absolute Gasteiger partial charge is 0.0442 e. The van der Waals surface area contributed by atoms with Crippen LogP contribution in [0.1, 0.15) is 26.7 Å². The van der Waals surface area contributed by atoms with Crippen molar-refractivity contribution in [2.24, 2.45) is 0 Å². The van der Waals surface area contributed by atoms with Crippen LogP contribution < -0.4 is 0 Å². The molecule has 0 amide bonds. The summed E-state index contributed by atoms with van der Waals surface area (Å²) in [4.78, 5) is 0. The molecule has 0 nitrogen and oxygen atoms in total. The average Bonchev–Trinajstić information content (AvgIpc) is 1.81. The molecule has 0 saturated carbocycles. The number of rotatable bonds is 6. The maximum atomic E-state index is 2.48. The van der Waals surface area contributed by atoms with Crippen LogP contribution in [0.25, 0.3) is 0 Å². The van der Waals surface area contributed by atoms with E-state index in [0.29, 0.717) is 0 Å². The van der Waals surface area contributed by atoms with Crippen LogP contribution in [0.5, 0.6) is 0 Å². The lowest BCUT2D eigenvalue weighted by atomic mass is 10.3. The van der Waals surface area contributed by atoms with Gasteiger partial charge in [0.15, 0.2) is 0 Å². The van der Waals surface area contributed by atoms with E-state index < -0.39 is 16.1 Å². The molecule has 0 radical (unpaired) electrons. The van der Waals surface area contributed by atoms with Gasteiger partial charge in [-0.3, -0.25) is 0 Å². The fourth-order valence-corrected chi connectivity index (χ4v) is 4.11. The Balaban J connectivity index is 0. The molecule has 88 valence electrons. The molecule has 0 unspecified atom stereocenters. The largest absolute Gasteiger partial charge is 0.0776 e. The molecule has 0 saturated heterocycles. The molecule has 0 heterocycles. The Bertz CT molecular complexity index is 112. The summed E-state index contributed by atoms with van der Waals surface area (Å²) in [6.45, 7) is 14.9. The van der Waals surface area contributed by atoms with Gasteiger partial charge in [-0.1, -0.05) is 78.1 Å². The second-order valence-electron chi connectivity index (χ2n) is 6.68. The van der Waals surface area contributed by atoms with E-state index >= 15 is 0 Å². The number of hydrogen-bond donors (Lipinski definition) is 0. The van der Waals surface area contributed by atoms with Crippen LogP contribution >= 0.6 is 0 Å². The fraction of sp³-hybridized carbons (Fsp3) is 1.00. The first-order chi connectivity index (χ1) is 5.71. The van der Waals surface area contributed by atoms with E-state index in [1.54, 1.807) is 0 Å². The maximum absolute atomic E-state index is 2.48. The predicted octanol–water partition coefficient (Wildman–Crippen LogP) is 5.47. The first kappa shape index (κ1) is 16.8. The Labute approximate surface area is 94.5 Å². The minimum absolute atomic E-state index is 0. The summed E-state index contributed by atoms with van der Waals surface area (Å²) >= 11 is 0. The predicted molar refractivity (Wildman–Crippen MR) is 76.9 cm³/mol. The van der Waals surface area contributed by atoms with Crippen LogP contribution in [0.2, 0.25) is 51.4 Å². The van der Waals surface area contributed by atoms with E-state index in [9.17, 15) is 0 Å². The quantitative estimate of drug-likeness (QED) is 0.421. The molecular formula is C12H32Si2. The SMILES string of the molecule is C.C[Si](C)(C)CCCCC[Si](C)(C)C. The van der Waals surface area contributed by atoms with Crippen molar-refractivity contribution in [3.8, 4) is 0 Å². The van der Waals surface area contributed by atoms with E-state index in [-0.39, 0.29) is 7.43 Å². The fourth-order valence-electron chi connectivity index (χ4n) is 1.49. The van der Waals surface area contributed by atoms with Gasteiger partial charge < -0.3 is 0 Å². The van der Waals surface area contributed by atoms with Gasteiger partial charge in [-0.15, -0.1) is 0 Å². The third-order valence-corrected chi connectivity index (χ3v) is 6.06. The van der Waals surface area contributed by atoms with E-state index in [1.807, 2.05) is 0 Å². The highest BCUT2D eigenvalue weighted by Gasteiger charge is 2.14. The van der Waals surface area contributed by atoms with Crippen molar-refractivity contribution in [1.29, 1.82) is 0 Å². The van der Waals surface area contributed by atoms with Crippen molar-refractivity contribution in [3.63, 3.8) is 0 Å². The molecule has 0 atom stereocenters. The van der Waals surface area contributed by atoms with Gasteiger partial charge in [-0.2, -0.15) is 0 Å². The van der Waals surface area contributed by atoms with Crippen LogP contribution in [0.3, 0.4) is 0 Å². The van der Waals surface area contributed by atoms with Crippen LogP contribution in [-0.4, -0.2) is 16.1 Å². The monoisotopic (exact) mass is 232 g/mol. The summed E-state index contributed by atoms with van der Waals surface area (Å²) in [5.41, 5.74) is 0. The summed E-state index contributed by atoms with van der Waals surface area (Å²) in [7, 11) is -1.48. The first-order valence-electron chi connectivity index (χ1n) is 5.71. The van der Waals surface area contributed by atoms with Gasteiger partial charge in [0.2, 0.25) is 0 Å². The first-order valence-corrected chi connectivity index (χ1v) is 13.1. The standard InChI is InChI=1S/C11H28Si2.CH4/c1-12(2,3)10-8-7-9-11-13(4,5)6;/h7-11H2,1-6H3;1H4. The van der Waals surface area contributed by atoms with Crippen LogP contribution in [0.15, 0.2) is 0 Å². The van der Waals surface area contributed by atoms with Crippen molar-refractivity contribution in [2.45, 2.75) is 78.1 Å². The highest BCUT2D eigenvalue weighted by atomic mass is 28.3. The molecule has 0 rings (SSSR count). The zero-order valence-electron chi connectivity index (χ0n) is 10.5. The van der Waals surface area contributed by atoms with Crippen molar-refractivity contribution >= 4 is 16.1 Å². The molecule has 0 fully saturated rings. The van der Waals surface area contributed by atoms with Crippen molar-refractivity contribution in [2.75, 3.05) is 0 Å². The molecular weight excluding hydrogens is 200 g/mol. The maximum Gasteiger partial charge on any atom is 0.0442 e. The Kier molecular flexibility index (Phi) is 8.22. The zero-order chi connectivity index (χ0) is 10.5. The van der Waals surface area contributed by atoms with Gasteiger partial charge in [0.05, 0.1) is 0 Å². The third-order valence-electron chi connectivity index (χ3n) is 2.35. The van der Waals surface area contributed by atoms with Crippen molar-refractivity contribution in [1.82, 2.24) is 0 Å². The van der Waals surface area contributed by atoms with Gasteiger partial charge >= 0.3 is 0 Å². The van der Waals surface area contributed by atoms with Crippen LogP contribution in [0.4, 0.5) is 0 Å². The Morgan fingerprint density at radius 2 is 0.857 bits per heavy atom. The minimum atomic E-state index is -0.742. The molecule has 0 aliphatic rings. The lowest BCUT2D eigenvalue weighted by Gasteiger charge is -2.17. The van der Waals surface area contributed by atoms with Crippen molar-refractivity contribution < 1.29 is 0 Å². The van der Waals surface area contributed by atoms with Gasteiger partial charge in [-0.05, 0) is 0 Å². The number of hydrogen-bond acceptors (Lipinski definition) is 0. The highest BCUT2D eigenvalue weighted by Crippen LogP contribution is 2.18. The number of unbranched alkanes of at least 4 members (excludes halogenated alkanes) is 2. The van der Waals surface area contributed by atoms with E-state index in [4.69, 9.17) is 0 Å². The molecule has 0 aliphatic heterocycles. The molecule has 2 heteroatoms. The highest BCUT2D eigenvalue weighted by molar-refractivity contribution is 6.76. The lowest BCUT2D eigenvalue weighted by molar-refractivity contribution is 0.755. The summed E-state index contributed by atoms with van der Waals surface area (Å²) in [5.74, 6) is 0. The molecule has 14 heavy (non-hydrogen) atoms. The second-order valence-corrected chi connectivity index (χ2v) is 17.9. The topological polar surface area (TPSA) is 0 Å². The van der Waals surface area contributed by atoms with Crippen molar-refractivity contribution in [3.05, 3.63) is 0 Å². The molecule has 0 aliphatic carbocycles. The third kappa shape index (κ3) is 14.9. The molecule has 0 bridgehead atoms. The molecule has 0 aromatic rings. The Morgan fingerprint density at radius 3 is 1.07 bits per heavy atom. The summed E-state index contributed by atoms with van der Waals surface area (Å²) in [6, 6.07) is 3.05. The molecule has 0 spiro atoms. The Hall–Kier alpha value is 0.434. The zero-order valence-corrected chi connectivity index (χ0v) is 12.5. The van der Waals surface area contributed by atoms with Crippen LogP contribution in [0, 0.1) is 0 Å². The van der Waals surface area contributed by atoms with Crippen LogP contribution in [-0.2, 0) is 0 Å². The average molecular weight is 233 g/mol. The van der Waals surface area contributed by atoms with Gasteiger partial charge in [0.1, 0.15) is 0 Å². The summed E-state index contributed by atoms with van der Waals surface area (Å²) in [5, 5.41) is 0. The summed E-state index contributed by atoms with van der Waals surface area (Å²) < 4.78 is 0. The van der Waals surface area contributed by atoms with E-state index in [2.05, 4.69) is 39.3 Å². The minimum Gasteiger partial charge on any atom is -0.0776 e. The van der Waals surface area contributed by atoms with Gasteiger partial charge in [-0.25, -0.2) is 0 Å². The van der Waals surface area contributed by atoms with E-state index in [0.717, 1.165) is 0 Å². The normalized spacial score (nSPS) is 12.4. The molecule has 0 aromatic heterocycles.